The number of amides is 1. The van der Waals surface area contributed by atoms with Gasteiger partial charge in [0.15, 0.2) is 11.0 Å². The molecule has 2 aromatic carbocycles. The Kier molecular flexibility index (Phi) is 7.20. The minimum Gasteiger partial charge on any atom is -0.378 e. The molecule has 0 aliphatic heterocycles. The van der Waals surface area contributed by atoms with Gasteiger partial charge in [-0.05, 0) is 24.3 Å². The topological polar surface area (TPSA) is 84.2 Å². The number of halogens is 2. The Bertz CT molecular complexity index is 1030. The first-order chi connectivity index (χ1) is 14.0. The maximum atomic E-state index is 13.5. The molecule has 3 rings (SSSR count). The van der Waals surface area contributed by atoms with E-state index in [-0.39, 0.29) is 11.7 Å². The van der Waals surface area contributed by atoms with Gasteiger partial charge >= 0.3 is 0 Å². The number of rotatable bonds is 8. The van der Waals surface area contributed by atoms with E-state index in [1.165, 1.54) is 24.0 Å². The Morgan fingerprint density at radius 2 is 2.10 bits per heavy atom. The lowest BCUT2D eigenvalue weighted by Crippen LogP contribution is -2.20. The van der Waals surface area contributed by atoms with Crippen molar-refractivity contribution in [2.24, 2.45) is 12.1 Å². The number of hydrogen-bond acceptors (Lipinski definition) is 6. The zero-order valence-electron chi connectivity index (χ0n) is 15.5. The van der Waals surface area contributed by atoms with Crippen LogP contribution in [0.2, 0.25) is 5.02 Å². The SMILES string of the molecule is Cn1c(CNc2cccc(Cl)c2)nnc1SCC(=O)N/N=C/c1ccccc1F. The smallest absolute Gasteiger partial charge is 0.250 e. The molecule has 1 amide bonds. The summed E-state index contributed by atoms with van der Waals surface area (Å²) >= 11 is 7.20. The number of anilines is 1. The molecule has 2 N–H and O–H groups in total. The summed E-state index contributed by atoms with van der Waals surface area (Å²) in [6.45, 7) is 0.462. The average Bonchev–Trinajstić information content (AvgIpc) is 3.06. The van der Waals surface area contributed by atoms with Crippen molar-refractivity contribution in [3.8, 4) is 0 Å². The first-order valence-corrected chi connectivity index (χ1v) is 9.96. The molecule has 10 heteroatoms. The molecule has 150 valence electrons. The molecular weight excluding hydrogens is 415 g/mol. The van der Waals surface area contributed by atoms with E-state index in [1.54, 1.807) is 28.8 Å². The standard InChI is InChI=1S/C19H18ClFN6OS/c1-27-17(11-22-15-7-4-6-14(20)9-15)24-26-19(27)29-12-18(28)25-23-10-13-5-2-3-8-16(13)21/h2-10,22H,11-12H2,1H3,(H,25,28)/b23-10+. The fourth-order valence-corrected chi connectivity index (χ4v) is 3.23. The molecule has 0 aliphatic rings. The number of carbonyl (C=O) groups excluding carboxylic acids is 1. The van der Waals surface area contributed by atoms with Gasteiger partial charge in [-0.15, -0.1) is 10.2 Å². The van der Waals surface area contributed by atoms with E-state index in [4.69, 9.17) is 11.6 Å². The number of benzene rings is 2. The highest BCUT2D eigenvalue weighted by Gasteiger charge is 2.11. The number of thioether (sulfide) groups is 1. The van der Waals surface area contributed by atoms with Crippen LogP contribution in [0.3, 0.4) is 0 Å². The predicted octanol–water partition coefficient (Wildman–Crippen LogP) is 3.46. The maximum Gasteiger partial charge on any atom is 0.250 e. The van der Waals surface area contributed by atoms with E-state index in [9.17, 15) is 9.18 Å². The molecule has 0 saturated heterocycles. The average molecular weight is 433 g/mol. The lowest BCUT2D eigenvalue weighted by molar-refractivity contribution is -0.118. The van der Waals surface area contributed by atoms with Crippen molar-refractivity contribution in [1.82, 2.24) is 20.2 Å². The number of nitrogens with zero attached hydrogens (tertiary/aromatic N) is 4. The summed E-state index contributed by atoms with van der Waals surface area (Å²) in [5, 5.41) is 16.5. The summed E-state index contributed by atoms with van der Waals surface area (Å²) in [7, 11) is 1.82. The van der Waals surface area contributed by atoms with Gasteiger partial charge < -0.3 is 9.88 Å². The lowest BCUT2D eigenvalue weighted by Gasteiger charge is -2.07. The second kappa shape index (κ2) is 10.0. The molecule has 7 nitrogen and oxygen atoms in total. The summed E-state index contributed by atoms with van der Waals surface area (Å²) in [5.74, 6) is 0.0787. The van der Waals surface area contributed by atoms with E-state index in [0.717, 1.165) is 5.69 Å². The second-order valence-corrected chi connectivity index (χ2v) is 7.30. The molecule has 0 bridgehead atoms. The monoisotopic (exact) mass is 432 g/mol. The van der Waals surface area contributed by atoms with Gasteiger partial charge in [0.05, 0.1) is 18.5 Å². The Labute approximate surface area is 176 Å². The van der Waals surface area contributed by atoms with Gasteiger partial charge in [0.25, 0.3) is 5.91 Å². The minimum absolute atomic E-state index is 0.0995. The maximum absolute atomic E-state index is 13.5. The van der Waals surface area contributed by atoms with Crippen LogP contribution in [0.25, 0.3) is 0 Å². The predicted molar refractivity (Wildman–Crippen MR) is 113 cm³/mol. The van der Waals surface area contributed by atoms with Crippen LogP contribution in [0.4, 0.5) is 10.1 Å². The number of hydrogen-bond donors (Lipinski definition) is 2. The molecular formula is C19H18ClFN6OS. The molecule has 29 heavy (non-hydrogen) atoms. The van der Waals surface area contributed by atoms with Gasteiger partial charge in [-0.3, -0.25) is 4.79 Å². The number of aromatic nitrogens is 3. The zero-order chi connectivity index (χ0) is 20.6. The van der Waals surface area contributed by atoms with Gasteiger partial charge in [-0.2, -0.15) is 5.10 Å². The van der Waals surface area contributed by atoms with E-state index in [0.29, 0.717) is 28.1 Å². The molecule has 0 saturated carbocycles. The van der Waals surface area contributed by atoms with Crippen molar-refractivity contribution in [2.75, 3.05) is 11.1 Å². The minimum atomic E-state index is -0.405. The fourth-order valence-electron chi connectivity index (χ4n) is 2.32. The quantitative estimate of drug-likeness (QED) is 0.323. The summed E-state index contributed by atoms with van der Waals surface area (Å²) in [6, 6.07) is 13.6. The summed E-state index contributed by atoms with van der Waals surface area (Å²) < 4.78 is 15.3. The van der Waals surface area contributed by atoms with E-state index >= 15 is 0 Å². The molecule has 0 aliphatic carbocycles. The van der Waals surface area contributed by atoms with Crippen molar-refractivity contribution in [2.45, 2.75) is 11.7 Å². The Morgan fingerprint density at radius 3 is 2.90 bits per heavy atom. The molecule has 3 aromatic rings. The third-order valence-corrected chi connectivity index (χ3v) is 5.09. The highest BCUT2D eigenvalue weighted by molar-refractivity contribution is 7.99. The van der Waals surface area contributed by atoms with Gasteiger partial charge in [-0.1, -0.05) is 47.6 Å². The van der Waals surface area contributed by atoms with Crippen LogP contribution < -0.4 is 10.7 Å². The third kappa shape index (κ3) is 6.03. The summed E-state index contributed by atoms with van der Waals surface area (Å²) in [6.07, 6.45) is 1.26. The number of hydrazone groups is 1. The second-order valence-electron chi connectivity index (χ2n) is 5.93. The van der Waals surface area contributed by atoms with Crippen molar-refractivity contribution in [3.05, 3.63) is 70.8 Å². The van der Waals surface area contributed by atoms with Crippen LogP contribution >= 0.6 is 23.4 Å². The Balaban J connectivity index is 1.48. The Hall–Kier alpha value is -2.91. The molecule has 0 spiro atoms. The molecule has 1 aromatic heterocycles. The van der Waals surface area contributed by atoms with Gasteiger partial charge in [0, 0.05) is 23.3 Å². The van der Waals surface area contributed by atoms with Crippen LogP contribution in [0.15, 0.2) is 58.8 Å². The van der Waals surface area contributed by atoms with E-state index < -0.39 is 5.82 Å². The zero-order valence-corrected chi connectivity index (χ0v) is 17.0. The summed E-state index contributed by atoms with van der Waals surface area (Å²) in [4.78, 5) is 11.9. The van der Waals surface area contributed by atoms with Crippen LogP contribution in [0.5, 0.6) is 0 Å². The molecule has 0 radical (unpaired) electrons. The van der Waals surface area contributed by atoms with E-state index in [2.05, 4.69) is 26.0 Å². The van der Waals surface area contributed by atoms with E-state index in [1.807, 2.05) is 25.2 Å². The first-order valence-electron chi connectivity index (χ1n) is 8.60. The van der Waals surface area contributed by atoms with Crippen LogP contribution in [0.1, 0.15) is 11.4 Å². The van der Waals surface area contributed by atoms with Gasteiger partial charge in [0.2, 0.25) is 0 Å². The van der Waals surface area contributed by atoms with Crippen LogP contribution in [-0.4, -0.2) is 32.6 Å². The normalized spacial score (nSPS) is 11.0. The number of nitrogens with one attached hydrogen (secondary N) is 2. The third-order valence-electron chi connectivity index (χ3n) is 3.83. The Morgan fingerprint density at radius 1 is 1.28 bits per heavy atom. The van der Waals surface area contributed by atoms with Crippen LogP contribution in [-0.2, 0) is 18.4 Å². The van der Waals surface area contributed by atoms with Crippen molar-refractivity contribution in [3.63, 3.8) is 0 Å². The summed E-state index contributed by atoms with van der Waals surface area (Å²) in [5.41, 5.74) is 3.54. The van der Waals surface area contributed by atoms with Crippen molar-refractivity contribution < 1.29 is 9.18 Å². The van der Waals surface area contributed by atoms with Crippen molar-refractivity contribution >= 4 is 41.2 Å². The molecule has 1 heterocycles. The van der Waals surface area contributed by atoms with Crippen LogP contribution in [0, 0.1) is 5.82 Å². The molecule has 0 atom stereocenters. The first kappa shape index (κ1) is 20.8. The lowest BCUT2D eigenvalue weighted by atomic mass is 10.2. The molecule has 0 unspecified atom stereocenters. The van der Waals surface area contributed by atoms with Gasteiger partial charge in [-0.25, -0.2) is 9.82 Å². The van der Waals surface area contributed by atoms with Crippen molar-refractivity contribution in [1.29, 1.82) is 0 Å². The largest absolute Gasteiger partial charge is 0.378 e. The van der Waals surface area contributed by atoms with Gasteiger partial charge in [0.1, 0.15) is 5.82 Å². The highest BCUT2D eigenvalue weighted by Crippen LogP contribution is 2.18. The number of carbonyl (C=O) groups is 1. The fraction of sp³-hybridized carbons (Fsp3) is 0.158. The highest BCUT2D eigenvalue weighted by atomic mass is 35.5. The molecule has 0 fully saturated rings.